The number of carbonyl (C=O) groups is 3. The summed E-state index contributed by atoms with van der Waals surface area (Å²) in [7, 11) is 1.60. The first-order valence-electron chi connectivity index (χ1n) is 14.2. The van der Waals surface area contributed by atoms with Crippen molar-refractivity contribution in [3.63, 3.8) is 0 Å². The quantitative estimate of drug-likeness (QED) is 0.205. The average Bonchev–Trinajstić information content (AvgIpc) is 3.00. The Hall–Kier alpha value is -4.28. The summed E-state index contributed by atoms with van der Waals surface area (Å²) in [5.74, 6) is -0.832. The minimum absolute atomic E-state index is 0.0562. The number of carbonyl (C=O) groups excluding carboxylic acids is 3. The lowest BCUT2D eigenvalue weighted by molar-refractivity contribution is 0.0755. The Bertz CT molecular complexity index is 1330. The number of aromatic nitrogens is 1. The van der Waals surface area contributed by atoms with Gasteiger partial charge in [0.15, 0.2) is 0 Å². The Kier molecular flexibility index (Phi) is 12.5. The van der Waals surface area contributed by atoms with Gasteiger partial charge in [0.05, 0.1) is 19.3 Å². The van der Waals surface area contributed by atoms with Gasteiger partial charge in [-0.1, -0.05) is 32.0 Å². The number of aliphatic hydroxyl groups excluding tert-OH is 1. The number of aliphatic hydroxyl groups is 1. The van der Waals surface area contributed by atoms with Crippen LogP contribution in [0.1, 0.15) is 69.0 Å². The molecule has 3 aromatic rings. The smallest absolute Gasteiger partial charge is 0.253 e. The van der Waals surface area contributed by atoms with Gasteiger partial charge >= 0.3 is 0 Å². The number of methoxy groups -OCH3 is 1. The molecule has 0 spiro atoms. The number of primary amides is 1. The Balaban J connectivity index is 1.82. The fourth-order valence-electron chi connectivity index (χ4n) is 4.63. The van der Waals surface area contributed by atoms with Crippen LogP contribution in [0.2, 0.25) is 0 Å². The highest BCUT2D eigenvalue weighted by atomic mass is 16.5. The zero-order valence-electron chi connectivity index (χ0n) is 24.5. The lowest BCUT2D eigenvalue weighted by Crippen LogP contribution is -2.48. The molecule has 0 aliphatic rings. The van der Waals surface area contributed by atoms with Crippen LogP contribution in [0.15, 0.2) is 66.9 Å². The van der Waals surface area contributed by atoms with Crippen LogP contribution in [-0.4, -0.2) is 71.6 Å². The molecular weight excluding hydrogens is 534 g/mol. The largest absolute Gasteiger partial charge is 0.497 e. The predicted molar refractivity (Wildman–Crippen MR) is 161 cm³/mol. The van der Waals surface area contributed by atoms with Gasteiger partial charge in [0, 0.05) is 61.2 Å². The van der Waals surface area contributed by atoms with E-state index in [2.05, 4.69) is 15.6 Å². The van der Waals surface area contributed by atoms with Gasteiger partial charge in [-0.3, -0.25) is 19.4 Å². The summed E-state index contributed by atoms with van der Waals surface area (Å²) in [6, 6.07) is 16.6. The van der Waals surface area contributed by atoms with Crippen LogP contribution in [0.4, 0.5) is 0 Å². The minimum Gasteiger partial charge on any atom is -0.497 e. The van der Waals surface area contributed by atoms with Gasteiger partial charge < -0.3 is 31.1 Å². The zero-order chi connectivity index (χ0) is 30.5. The van der Waals surface area contributed by atoms with Gasteiger partial charge in [-0.15, -0.1) is 0 Å². The second-order valence-corrected chi connectivity index (χ2v) is 10.1. The molecule has 0 saturated heterocycles. The second kappa shape index (κ2) is 16.2. The topological polar surface area (TPSA) is 147 Å². The van der Waals surface area contributed by atoms with E-state index in [9.17, 15) is 19.5 Å². The van der Waals surface area contributed by atoms with Crippen molar-refractivity contribution in [1.82, 2.24) is 20.5 Å². The van der Waals surface area contributed by atoms with E-state index in [0.29, 0.717) is 25.3 Å². The lowest BCUT2D eigenvalue weighted by Gasteiger charge is -2.25. The van der Waals surface area contributed by atoms with Crippen molar-refractivity contribution in [2.45, 2.75) is 51.8 Å². The predicted octanol–water partition coefficient (Wildman–Crippen LogP) is 2.94. The van der Waals surface area contributed by atoms with Crippen molar-refractivity contribution in [1.29, 1.82) is 0 Å². The molecule has 2 unspecified atom stereocenters. The van der Waals surface area contributed by atoms with Gasteiger partial charge in [0.2, 0.25) is 5.91 Å². The second-order valence-electron chi connectivity index (χ2n) is 10.1. The number of nitrogens with one attached hydrogen (secondary N) is 2. The van der Waals surface area contributed by atoms with Gasteiger partial charge in [-0.05, 0) is 60.9 Å². The van der Waals surface area contributed by atoms with Gasteiger partial charge in [0.1, 0.15) is 5.75 Å². The highest BCUT2D eigenvalue weighted by Crippen LogP contribution is 2.16. The zero-order valence-corrected chi connectivity index (χ0v) is 24.5. The standard InChI is InChI=1S/C32H41N5O5/c1-4-13-37(14-5-2)32(41)25-17-23(30(33)39)16-24(18-25)31(40)36-28(19-26-10-6-7-12-35-26)29(38)21-34-20-22-9-8-11-27(15-22)42-3/h6-12,15-18,28-29,34,38H,4-5,13-14,19-21H2,1-3H3,(H2,33,39)(H,36,40). The fraction of sp³-hybridized carbons (Fsp3) is 0.375. The van der Waals surface area contributed by atoms with E-state index < -0.39 is 24.0 Å². The van der Waals surface area contributed by atoms with Crippen LogP contribution in [0, 0.1) is 0 Å². The molecule has 2 atom stereocenters. The summed E-state index contributed by atoms with van der Waals surface area (Å²) in [5.41, 5.74) is 7.59. The Labute approximate surface area is 247 Å². The first-order chi connectivity index (χ1) is 20.2. The van der Waals surface area contributed by atoms with Crippen LogP contribution in [-0.2, 0) is 13.0 Å². The molecule has 3 rings (SSSR count). The van der Waals surface area contributed by atoms with Gasteiger partial charge in [-0.2, -0.15) is 0 Å². The molecule has 10 heteroatoms. The lowest BCUT2D eigenvalue weighted by atomic mass is 10.0. The van der Waals surface area contributed by atoms with Crippen LogP contribution in [0.5, 0.6) is 5.75 Å². The van der Waals surface area contributed by atoms with Crippen molar-refractivity contribution >= 4 is 17.7 Å². The van der Waals surface area contributed by atoms with Crippen LogP contribution < -0.4 is 21.1 Å². The average molecular weight is 576 g/mol. The van der Waals surface area contributed by atoms with Crippen molar-refractivity contribution in [3.8, 4) is 5.75 Å². The molecule has 3 amide bonds. The molecular formula is C32H41N5O5. The number of nitrogens with two attached hydrogens (primary N) is 1. The van der Waals surface area contributed by atoms with Gasteiger partial charge in [0.25, 0.3) is 11.8 Å². The maximum absolute atomic E-state index is 13.5. The van der Waals surface area contributed by atoms with E-state index in [1.54, 1.807) is 24.3 Å². The first-order valence-corrected chi connectivity index (χ1v) is 14.2. The summed E-state index contributed by atoms with van der Waals surface area (Å²) in [6.07, 6.45) is 2.47. The Morgan fingerprint density at radius 2 is 1.69 bits per heavy atom. The SMILES string of the molecule is CCCN(CCC)C(=O)c1cc(C(N)=O)cc(C(=O)NC(Cc2ccccn2)C(O)CNCc2cccc(OC)c2)c1. The van der Waals surface area contributed by atoms with Crippen molar-refractivity contribution in [2.75, 3.05) is 26.7 Å². The molecule has 224 valence electrons. The number of pyridine rings is 1. The number of rotatable bonds is 16. The summed E-state index contributed by atoms with van der Waals surface area (Å²) in [5, 5.41) is 17.3. The van der Waals surface area contributed by atoms with E-state index in [1.807, 2.05) is 50.2 Å². The molecule has 0 aliphatic carbocycles. The molecule has 0 aliphatic heterocycles. The monoisotopic (exact) mass is 575 g/mol. The summed E-state index contributed by atoms with van der Waals surface area (Å²) >= 11 is 0. The fourth-order valence-corrected chi connectivity index (χ4v) is 4.63. The normalized spacial score (nSPS) is 12.3. The Morgan fingerprint density at radius 3 is 2.33 bits per heavy atom. The third-order valence-corrected chi connectivity index (χ3v) is 6.75. The molecule has 1 aromatic heterocycles. The minimum atomic E-state index is -0.980. The molecule has 0 radical (unpaired) electrons. The number of ether oxygens (including phenoxy) is 1. The van der Waals surface area contributed by atoms with E-state index >= 15 is 0 Å². The van der Waals surface area contributed by atoms with Gasteiger partial charge in [-0.25, -0.2) is 0 Å². The van der Waals surface area contributed by atoms with E-state index in [1.165, 1.54) is 18.2 Å². The van der Waals surface area contributed by atoms with E-state index in [4.69, 9.17) is 10.5 Å². The molecule has 0 saturated carbocycles. The van der Waals surface area contributed by atoms with Crippen molar-refractivity contribution < 1.29 is 24.2 Å². The maximum atomic E-state index is 13.5. The van der Waals surface area contributed by atoms with Crippen LogP contribution in [0.25, 0.3) is 0 Å². The molecule has 0 bridgehead atoms. The van der Waals surface area contributed by atoms with E-state index in [0.717, 1.165) is 24.2 Å². The number of hydrogen-bond acceptors (Lipinski definition) is 7. The number of hydrogen-bond donors (Lipinski definition) is 4. The molecule has 2 aromatic carbocycles. The molecule has 42 heavy (non-hydrogen) atoms. The third kappa shape index (κ3) is 9.39. The Morgan fingerprint density at radius 1 is 0.976 bits per heavy atom. The van der Waals surface area contributed by atoms with Crippen LogP contribution in [0.3, 0.4) is 0 Å². The van der Waals surface area contributed by atoms with E-state index in [-0.39, 0.29) is 35.6 Å². The number of nitrogens with zero attached hydrogens (tertiary/aromatic N) is 2. The summed E-state index contributed by atoms with van der Waals surface area (Å²) in [4.78, 5) is 45.0. The number of benzene rings is 2. The molecule has 1 heterocycles. The molecule has 10 nitrogen and oxygen atoms in total. The third-order valence-electron chi connectivity index (χ3n) is 6.75. The van der Waals surface area contributed by atoms with Crippen LogP contribution >= 0.6 is 0 Å². The first kappa shape index (κ1) is 32.2. The number of amides is 3. The maximum Gasteiger partial charge on any atom is 0.253 e. The van der Waals surface area contributed by atoms with Crippen molar-refractivity contribution in [3.05, 3.63) is 94.8 Å². The highest BCUT2D eigenvalue weighted by Gasteiger charge is 2.25. The highest BCUT2D eigenvalue weighted by molar-refractivity contribution is 6.04. The van der Waals surface area contributed by atoms with Crippen molar-refractivity contribution in [2.24, 2.45) is 5.73 Å². The summed E-state index contributed by atoms with van der Waals surface area (Å²) in [6.45, 7) is 5.73. The molecule has 5 N–H and O–H groups in total. The molecule has 0 fully saturated rings. The summed E-state index contributed by atoms with van der Waals surface area (Å²) < 4.78 is 5.27.